The molecule has 0 aromatic rings. The van der Waals surface area contributed by atoms with Gasteiger partial charge in [0.1, 0.15) is 6.10 Å². The van der Waals surface area contributed by atoms with Crippen LogP contribution in [0.15, 0.2) is 0 Å². The van der Waals surface area contributed by atoms with E-state index in [2.05, 4.69) is 12.2 Å². The average molecular weight is 213 g/mol. The first-order valence-electron chi connectivity index (χ1n) is 4.43. The van der Waals surface area contributed by atoms with Gasteiger partial charge in [0, 0.05) is 6.54 Å². The lowest BCUT2D eigenvalue weighted by Crippen LogP contribution is -2.32. The summed E-state index contributed by atoms with van der Waals surface area (Å²) < 4.78 is 23.5. The summed E-state index contributed by atoms with van der Waals surface area (Å²) in [5.41, 5.74) is 0. The van der Waals surface area contributed by atoms with Crippen LogP contribution in [0.5, 0.6) is 0 Å². The smallest absolute Gasteiger partial charge is 0.265 e. The van der Waals surface area contributed by atoms with Gasteiger partial charge < -0.3 is 10.4 Å². The third-order valence-electron chi connectivity index (χ3n) is 1.49. The van der Waals surface area contributed by atoms with E-state index in [0.29, 0.717) is 6.54 Å². The van der Waals surface area contributed by atoms with Crippen molar-refractivity contribution in [3.63, 3.8) is 0 Å². The highest BCUT2D eigenvalue weighted by Gasteiger charge is 2.15. The van der Waals surface area contributed by atoms with Crippen LogP contribution in [-0.4, -0.2) is 42.2 Å². The molecule has 1 unspecified atom stereocenters. The summed E-state index contributed by atoms with van der Waals surface area (Å²) in [6, 6.07) is 0. The molecule has 0 rings (SSSR count). The van der Waals surface area contributed by atoms with Gasteiger partial charge in [0.05, 0.1) is 0 Å². The minimum Gasteiger partial charge on any atom is -0.386 e. The number of hydrogen-bond donors (Lipinski definition) is 2. The second-order valence-electron chi connectivity index (χ2n) is 2.66. The molecule has 1 atom stereocenters. The van der Waals surface area contributed by atoms with Crippen molar-refractivity contribution < 1.29 is 13.9 Å². The first kappa shape index (κ1) is 13.1. The van der Waals surface area contributed by atoms with Gasteiger partial charge in [0.15, 0.2) is 0 Å². The molecule has 2 N–H and O–H groups in total. The zero-order chi connectivity index (χ0) is 10.1. The molecule has 0 aromatic carbocycles. The summed E-state index contributed by atoms with van der Waals surface area (Å²) >= 11 is 1.82. The second kappa shape index (κ2) is 8.72. The van der Waals surface area contributed by atoms with E-state index in [4.69, 9.17) is 5.11 Å². The predicted octanol–water partition coefficient (Wildman–Crippen LogP) is 1.35. The van der Waals surface area contributed by atoms with Crippen LogP contribution in [0.1, 0.15) is 13.3 Å². The summed E-state index contributed by atoms with van der Waals surface area (Å²) in [6.07, 6.45) is -3.22. The monoisotopic (exact) mass is 213 g/mol. The summed E-state index contributed by atoms with van der Waals surface area (Å²) in [6.45, 7) is 2.75. The van der Waals surface area contributed by atoms with Crippen molar-refractivity contribution in [2.24, 2.45) is 0 Å². The normalized spacial score (nSPS) is 13.6. The molecule has 0 saturated carbocycles. The first-order valence-corrected chi connectivity index (χ1v) is 5.58. The van der Waals surface area contributed by atoms with Gasteiger partial charge in [-0.2, -0.15) is 11.8 Å². The Kier molecular flexibility index (Phi) is 8.80. The minimum absolute atomic E-state index is 0.0194. The van der Waals surface area contributed by atoms with Gasteiger partial charge in [-0.1, -0.05) is 6.92 Å². The third kappa shape index (κ3) is 8.46. The summed E-state index contributed by atoms with van der Waals surface area (Å²) in [5, 5.41) is 11.5. The molecule has 0 aliphatic heterocycles. The van der Waals surface area contributed by atoms with E-state index in [9.17, 15) is 8.78 Å². The molecule has 0 fully saturated rings. The summed E-state index contributed by atoms with van der Waals surface area (Å²) in [5.74, 6) is 2.12. The van der Waals surface area contributed by atoms with Crippen molar-refractivity contribution >= 4 is 11.8 Å². The highest BCUT2D eigenvalue weighted by Crippen LogP contribution is 2.00. The van der Waals surface area contributed by atoms with E-state index in [1.165, 1.54) is 0 Å². The number of aliphatic hydroxyl groups excluding tert-OH is 1. The number of halogens is 2. The van der Waals surface area contributed by atoms with Crippen molar-refractivity contribution in [1.29, 1.82) is 0 Å². The molecule has 0 amide bonds. The molecular weight excluding hydrogens is 196 g/mol. The maximum Gasteiger partial charge on any atom is 0.265 e. The predicted molar refractivity (Wildman–Crippen MR) is 52.5 cm³/mol. The van der Waals surface area contributed by atoms with Gasteiger partial charge in [-0.25, -0.2) is 8.78 Å². The van der Waals surface area contributed by atoms with Crippen LogP contribution in [0.2, 0.25) is 0 Å². The van der Waals surface area contributed by atoms with Crippen LogP contribution in [0.4, 0.5) is 8.78 Å². The van der Waals surface area contributed by atoms with Crippen molar-refractivity contribution in [1.82, 2.24) is 5.32 Å². The van der Waals surface area contributed by atoms with Gasteiger partial charge in [-0.3, -0.25) is 0 Å². The van der Waals surface area contributed by atoms with Crippen LogP contribution in [0.3, 0.4) is 0 Å². The van der Waals surface area contributed by atoms with Crippen molar-refractivity contribution in [3.8, 4) is 0 Å². The van der Waals surface area contributed by atoms with E-state index in [1.807, 2.05) is 11.8 Å². The number of rotatable bonds is 8. The van der Waals surface area contributed by atoms with Gasteiger partial charge in [0.2, 0.25) is 0 Å². The van der Waals surface area contributed by atoms with Gasteiger partial charge in [0.25, 0.3) is 6.43 Å². The Bertz CT molecular complexity index is 116. The Morgan fingerprint density at radius 1 is 1.46 bits per heavy atom. The lowest BCUT2D eigenvalue weighted by Gasteiger charge is -2.09. The molecule has 0 radical (unpaired) electrons. The second-order valence-corrected chi connectivity index (χ2v) is 4.05. The standard InChI is InChI=1S/C8H17F2NOS/c1-2-13-5-3-4-11-6-7(12)8(9)10/h7-8,11-12H,2-6H2,1H3. The molecule has 2 nitrogen and oxygen atoms in total. The molecule has 0 saturated heterocycles. The molecule has 0 aliphatic rings. The van der Waals surface area contributed by atoms with Gasteiger partial charge >= 0.3 is 0 Å². The molecule has 0 bridgehead atoms. The molecule has 0 aromatic heterocycles. The SMILES string of the molecule is CCSCCCNCC(O)C(F)F. The number of aliphatic hydroxyl groups is 1. The Morgan fingerprint density at radius 3 is 2.69 bits per heavy atom. The zero-order valence-corrected chi connectivity index (χ0v) is 8.62. The molecule has 5 heteroatoms. The maximum absolute atomic E-state index is 11.8. The molecule has 0 aliphatic carbocycles. The summed E-state index contributed by atoms with van der Waals surface area (Å²) in [7, 11) is 0. The van der Waals surface area contributed by atoms with Crippen LogP contribution >= 0.6 is 11.8 Å². The Hall–Kier alpha value is 0.130. The number of thioether (sulfide) groups is 1. The molecular formula is C8H17F2NOS. The Balaban J connectivity index is 3.07. The number of hydrogen-bond acceptors (Lipinski definition) is 3. The van der Waals surface area contributed by atoms with Crippen LogP contribution in [0.25, 0.3) is 0 Å². The van der Waals surface area contributed by atoms with Gasteiger partial charge in [-0.15, -0.1) is 0 Å². The quantitative estimate of drug-likeness (QED) is 0.597. The Labute approximate surface area is 82.1 Å². The van der Waals surface area contributed by atoms with E-state index >= 15 is 0 Å². The molecule has 13 heavy (non-hydrogen) atoms. The van der Waals surface area contributed by atoms with E-state index in [-0.39, 0.29) is 6.54 Å². The number of alkyl halides is 2. The molecule has 80 valence electrons. The fourth-order valence-corrected chi connectivity index (χ4v) is 1.42. The van der Waals surface area contributed by atoms with E-state index < -0.39 is 12.5 Å². The van der Waals surface area contributed by atoms with Crippen molar-refractivity contribution in [3.05, 3.63) is 0 Å². The first-order chi connectivity index (χ1) is 6.18. The zero-order valence-electron chi connectivity index (χ0n) is 7.80. The van der Waals surface area contributed by atoms with Crippen LogP contribution < -0.4 is 5.32 Å². The van der Waals surface area contributed by atoms with Crippen LogP contribution in [0, 0.1) is 0 Å². The van der Waals surface area contributed by atoms with Gasteiger partial charge in [-0.05, 0) is 24.5 Å². The largest absolute Gasteiger partial charge is 0.386 e. The lowest BCUT2D eigenvalue weighted by atomic mass is 10.3. The number of nitrogens with one attached hydrogen (secondary N) is 1. The molecule has 0 spiro atoms. The third-order valence-corrected chi connectivity index (χ3v) is 2.48. The Morgan fingerprint density at radius 2 is 2.15 bits per heavy atom. The topological polar surface area (TPSA) is 32.3 Å². The van der Waals surface area contributed by atoms with E-state index in [1.54, 1.807) is 0 Å². The fourth-order valence-electron chi connectivity index (χ4n) is 0.783. The minimum atomic E-state index is -2.64. The van der Waals surface area contributed by atoms with E-state index in [0.717, 1.165) is 17.9 Å². The van der Waals surface area contributed by atoms with Crippen molar-refractivity contribution in [2.75, 3.05) is 24.6 Å². The maximum atomic E-state index is 11.8. The average Bonchev–Trinajstić information content (AvgIpc) is 2.10. The van der Waals surface area contributed by atoms with Crippen molar-refractivity contribution in [2.45, 2.75) is 25.9 Å². The lowest BCUT2D eigenvalue weighted by molar-refractivity contribution is -0.00311. The summed E-state index contributed by atoms with van der Waals surface area (Å²) in [4.78, 5) is 0. The highest BCUT2D eigenvalue weighted by molar-refractivity contribution is 7.99. The fraction of sp³-hybridized carbons (Fsp3) is 1.00. The molecule has 0 heterocycles. The van der Waals surface area contributed by atoms with Crippen LogP contribution in [-0.2, 0) is 0 Å². The highest BCUT2D eigenvalue weighted by atomic mass is 32.2.